The lowest BCUT2D eigenvalue weighted by Gasteiger charge is -2.15. The molecule has 0 aliphatic rings. The molecule has 0 fully saturated rings. The monoisotopic (exact) mass is 388 g/mol. The van der Waals surface area contributed by atoms with Crippen molar-refractivity contribution in [2.45, 2.75) is 17.1 Å². The van der Waals surface area contributed by atoms with E-state index in [4.69, 9.17) is 16.3 Å². The zero-order valence-corrected chi connectivity index (χ0v) is 15.4. The van der Waals surface area contributed by atoms with Gasteiger partial charge in [-0.3, -0.25) is 9.78 Å². The molecule has 2 rings (SSSR count). The Labute approximate surface area is 150 Å². The summed E-state index contributed by atoms with van der Waals surface area (Å²) in [4.78, 5) is 15.8. The van der Waals surface area contributed by atoms with Gasteiger partial charge in [-0.15, -0.1) is 11.3 Å². The molecule has 0 aliphatic heterocycles. The molecule has 0 spiro atoms. The molecule has 6 nitrogen and oxygen atoms in total. The van der Waals surface area contributed by atoms with Crippen molar-refractivity contribution in [2.75, 3.05) is 20.2 Å². The third kappa shape index (κ3) is 5.27. The summed E-state index contributed by atoms with van der Waals surface area (Å²) in [6, 6.07) is 6.71. The maximum Gasteiger partial charge on any atom is 0.321 e. The number of aromatic nitrogens is 1. The number of aryl methyl sites for hydroxylation is 1. The van der Waals surface area contributed by atoms with Gasteiger partial charge < -0.3 is 4.74 Å². The predicted octanol–water partition coefficient (Wildman–Crippen LogP) is 2.59. The lowest BCUT2D eigenvalue weighted by atomic mass is 10.2. The topological polar surface area (TPSA) is 76.6 Å². The van der Waals surface area contributed by atoms with Crippen LogP contribution in [0, 0.1) is 0 Å². The van der Waals surface area contributed by atoms with Crippen LogP contribution >= 0.6 is 22.9 Å². The normalized spacial score (nSPS) is 11.6. The molecule has 0 bridgehead atoms. The second kappa shape index (κ2) is 8.57. The van der Waals surface area contributed by atoms with Crippen LogP contribution in [0.1, 0.15) is 12.0 Å². The number of hydrogen-bond acceptors (Lipinski definition) is 6. The molecule has 0 saturated heterocycles. The van der Waals surface area contributed by atoms with Gasteiger partial charge in [0.15, 0.2) is 0 Å². The summed E-state index contributed by atoms with van der Waals surface area (Å²) in [5.74, 6) is -0.588. The summed E-state index contributed by atoms with van der Waals surface area (Å²) in [6.07, 6.45) is 4.84. The number of likely N-dealkylation sites (N-methyl/N-ethyl adjacent to an activating group) is 1. The highest BCUT2D eigenvalue weighted by Crippen LogP contribution is 2.27. The Hall–Kier alpha value is -1.48. The van der Waals surface area contributed by atoms with Crippen LogP contribution in [0.5, 0.6) is 0 Å². The van der Waals surface area contributed by atoms with Gasteiger partial charge in [-0.25, -0.2) is 8.42 Å². The smallest absolute Gasteiger partial charge is 0.321 e. The molecule has 9 heteroatoms. The SMILES string of the molecule is CN(CC(=O)OCCCc1cccnc1)S(=O)(=O)c1ccc(Cl)s1. The largest absolute Gasteiger partial charge is 0.465 e. The van der Waals surface area contributed by atoms with Crippen LogP contribution in [0.25, 0.3) is 0 Å². The van der Waals surface area contributed by atoms with Gasteiger partial charge in [0.25, 0.3) is 10.0 Å². The highest BCUT2D eigenvalue weighted by Gasteiger charge is 2.25. The second-order valence-electron chi connectivity index (χ2n) is 5.00. The van der Waals surface area contributed by atoms with Crippen molar-refractivity contribution < 1.29 is 17.9 Å². The standard InChI is InChI=1S/C15H17ClN2O4S2/c1-18(24(20,21)15-7-6-13(16)23-15)11-14(19)22-9-3-5-12-4-2-8-17-10-12/h2,4,6-8,10H,3,5,9,11H2,1H3. The van der Waals surface area contributed by atoms with Crippen molar-refractivity contribution >= 4 is 38.9 Å². The summed E-state index contributed by atoms with van der Waals surface area (Å²) in [5, 5.41) is 0. The molecule has 0 radical (unpaired) electrons. The summed E-state index contributed by atoms with van der Waals surface area (Å²) in [6.45, 7) is -0.114. The number of rotatable bonds is 8. The van der Waals surface area contributed by atoms with Gasteiger partial charge in [-0.05, 0) is 36.6 Å². The second-order valence-corrected chi connectivity index (χ2v) is 8.99. The van der Waals surface area contributed by atoms with Gasteiger partial charge >= 0.3 is 5.97 Å². The van der Waals surface area contributed by atoms with Gasteiger partial charge in [-0.2, -0.15) is 4.31 Å². The van der Waals surface area contributed by atoms with E-state index < -0.39 is 16.0 Å². The van der Waals surface area contributed by atoms with Crippen LogP contribution in [0.3, 0.4) is 0 Å². The zero-order valence-electron chi connectivity index (χ0n) is 13.0. The lowest BCUT2D eigenvalue weighted by molar-refractivity contribution is -0.143. The number of ether oxygens (including phenoxy) is 1. The Morgan fingerprint density at radius 1 is 1.38 bits per heavy atom. The van der Waals surface area contributed by atoms with Gasteiger partial charge in [0.2, 0.25) is 0 Å². The number of carbonyl (C=O) groups is 1. The molecule has 0 atom stereocenters. The fourth-order valence-electron chi connectivity index (χ4n) is 1.91. The van der Waals surface area contributed by atoms with E-state index in [0.29, 0.717) is 10.8 Å². The minimum Gasteiger partial charge on any atom is -0.465 e. The fourth-order valence-corrected chi connectivity index (χ4v) is 4.72. The van der Waals surface area contributed by atoms with Gasteiger partial charge in [0.1, 0.15) is 10.8 Å². The highest BCUT2D eigenvalue weighted by molar-refractivity contribution is 7.91. The molecule has 2 aromatic rings. The van der Waals surface area contributed by atoms with Crippen LogP contribution in [-0.4, -0.2) is 43.9 Å². The Bertz CT molecular complexity index is 778. The molecule has 24 heavy (non-hydrogen) atoms. The minimum atomic E-state index is -3.73. The molecule has 0 aliphatic carbocycles. The third-order valence-electron chi connectivity index (χ3n) is 3.16. The van der Waals surface area contributed by atoms with Crippen molar-refractivity contribution in [3.05, 3.63) is 46.6 Å². The Morgan fingerprint density at radius 2 is 2.17 bits per heavy atom. The highest BCUT2D eigenvalue weighted by atomic mass is 35.5. The number of thiophene rings is 1. The molecule has 2 heterocycles. The maximum absolute atomic E-state index is 12.3. The Morgan fingerprint density at radius 3 is 2.79 bits per heavy atom. The number of sulfonamides is 1. The molecule has 2 aromatic heterocycles. The quantitative estimate of drug-likeness (QED) is 0.513. The molecule has 0 unspecified atom stereocenters. The van der Waals surface area contributed by atoms with Crippen molar-refractivity contribution in [2.24, 2.45) is 0 Å². The fraction of sp³-hybridized carbons (Fsp3) is 0.333. The first-order chi connectivity index (χ1) is 11.4. The van der Waals surface area contributed by atoms with Crippen LogP contribution in [0.15, 0.2) is 40.9 Å². The molecular weight excluding hydrogens is 372 g/mol. The number of hydrogen-bond donors (Lipinski definition) is 0. The molecule has 0 amide bonds. The van der Waals surface area contributed by atoms with Gasteiger partial charge in [0.05, 0.1) is 10.9 Å². The molecule has 0 aromatic carbocycles. The number of halogens is 1. The van der Waals surface area contributed by atoms with Crippen molar-refractivity contribution in [1.29, 1.82) is 0 Å². The van der Waals surface area contributed by atoms with Crippen molar-refractivity contribution in [1.82, 2.24) is 9.29 Å². The van der Waals surface area contributed by atoms with Crippen LogP contribution < -0.4 is 0 Å². The van der Waals surface area contributed by atoms with Crippen molar-refractivity contribution in [3.8, 4) is 0 Å². The molecule has 130 valence electrons. The number of nitrogens with zero attached hydrogens (tertiary/aromatic N) is 2. The van der Waals surface area contributed by atoms with Crippen LogP contribution in [0.4, 0.5) is 0 Å². The minimum absolute atomic E-state index is 0.0966. The van der Waals surface area contributed by atoms with Crippen molar-refractivity contribution in [3.63, 3.8) is 0 Å². The molecule has 0 saturated carbocycles. The molecule has 0 N–H and O–H groups in total. The Kier molecular flexibility index (Phi) is 6.73. The van der Waals surface area contributed by atoms with Crippen LogP contribution in [0.2, 0.25) is 4.34 Å². The molecular formula is C15H17ClN2O4S2. The van der Waals surface area contributed by atoms with E-state index in [-0.39, 0.29) is 17.4 Å². The van der Waals surface area contributed by atoms with Crippen LogP contribution in [-0.2, 0) is 26.0 Å². The van der Waals surface area contributed by atoms with E-state index in [1.165, 1.54) is 19.2 Å². The predicted molar refractivity (Wildman–Crippen MR) is 92.7 cm³/mol. The van der Waals surface area contributed by atoms with E-state index in [1.54, 1.807) is 12.4 Å². The number of pyridine rings is 1. The van der Waals surface area contributed by atoms with E-state index in [1.807, 2.05) is 12.1 Å². The van der Waals surface area contributed by atoms with E-state index >= 15 is 0 Å². The Balaban J connectivity index is 1.77. The first kappa shape index (κ1) is 18.9. The maximum atomic E-state index is 12.3. The average Bonchev–Trinajstić information content (AvgIpc) is 3.00. The number of esters is 1. The third-order valence-corrected chi connectivity index (χ3v) is 6.66. The number of carbonyl (C=O) groups excluding carboxylic acids is 1. The lowest BCUT2D eigenvalue weighted by Crippen LogP contribution is -2.32. The summed E-state index contributed by atoms with van der Waals surface area (Å²) < 4.78 is 31.0. The summed E-state index contributed by atoms with van der Waals surface area (Å²) in [5.41, 5.74) is 1.06. The van der Waals surface area contributed by atoms with E-state index in [9.17, 15) is 13.2 Å². The zero-order chi connectivity index (χ0) is 17.6. The van der Waals surface area contributed by atoms with Gasteiger partial charge in [0, 0.05) is 19.4 Å². The first-order valence-electron chi connectivity index (χ1n) is 7.16. The average molecular weight is 389 g/mol. The van der Waals surface area contributed by atoms with E-state index in [0.717, 1.165) is 27.6 Å². The van der Waals surface area contributed by atoms with Gasteiger partial charge in [-0.1, -0.05) is 17.7 Å². The first-order valence-corrected chi connectivity index (χ1v) is 9.79. The summed E-state index contributed by atoms with van der Waals surface area (Å²) >= 11 is 6.70. The summed E-state index contributed by atoms with van der Waals surface area (Å²) in [7, 11) is -2.40. The van der Waals surface area contributed by atoms with E-state index in [2.05, 4.69) is 4.98 Å².